The van der Waals surface area contributed by atoms with E-state index in [-0.39, 0.29) is 30.3 Å². The van der Waals surface area contributed by atoms with Gasteiger partial charge < -0.3 is 19.4 Å². The molecule has 0 spiro atoms. The van der Waals surface area contributed by atoms with E-state index in [1.54, 1.807) is 4.90 Å². The van der Waals surface area contributed by atoms with Crippen LogP contribution >= 0.6 is 0 Å². The number of amides is 2. The Balaban J connectivity index is 1.11. The van der Waals surface area contributed by atoms with E-state index in [2.05, 4.69) is 46.9 Å². The summed E-state index contributed by atoms with van der Waals surface area (Å²) in [5, 5.41) is 2.07. The van der Waals surface area contributed by atoms with Gasteiger partial charge in [-0.1, -0.05) is 24.0 Å². The van der Waals surface area contributed by atoms with Gasteiger partial charge in [0.1, 0.15) is 22.9 Å². The zero-order valence-electron chi connectivity index (χ0n) is 29.3. The first kappa shape index (κ1) is 32.5. The summed E-state index contributed by atoms with van der Waals surface area (Å²) in [6.45, 7) is 14.0. The first-order chi connectivity index (χ1) is 23.2. The zero-order valence-corrected chi connectivity index (χ0v) is 29.3. The monoisotopic (exact) mass is 660 g/mol. The van der Waals surface area contributed by atoms with Crippen LogP contribution in [0.5, 0.6) is 0 Å². The smallest absolute Gasteiger partial charge is 0.411 e. The van der Waals surface area contributed by atoms with Crippen molar-refractivity contribution < 1.29 is 19.1 Å². The van der Waals surface area contributed by atoms with Crippen LogP contribution < -0.4 is 0 Å². The molecule has 2 N–H and O–H groups in total. The molecule has 0 saturated carbocycles. The molecule has 10 heteroatoms. The second-order valence-electron chi connectivity index (χ2n) is 15.3. The predicted molar refractivity (Wildman–Crippen MR) is 190 cm³/mol. The number of nitrogens with one attached hydrogen (secondary N) is 2. The summed E-state index contributed by atoms with van der Waals surface area (Å²) in [7, 11) is 0. The van der Waals surface area contributed by atoms with Gasteiger partial charge in [-0.25, -0.2) is 19.6 Å². The molecule has 2 aliphatic rings. The van der Waals surface area contributed by atoms with Gasteiger partial charge in [0, 0.05) is 29.1 Å². The number of hydrogen-bond acceptors (Lipinski definition) is 6. The van der Waals surface area contributed by atoms with Gasteiger partial charge in [0.2, 0.25) is 0 Å². The number of carbonyl (C=O) groups excluding carboxylic acids is 2. The number of carbonyl (C=O) groups is 2. The lowest BCUT2D eigenvalue weighted by Gasteiger charge is -2.30. The molecule has 0 unspecified atom stereocenters. The lowest BCUT2D eigenvalue weighted by Crippen LogP contribution is -2.40. The molecular formula is C39H44N6O4. The molecule has 2 saturated heterocycles. The molecule has 2 amide bonds. The highest BCUT2D eigenvalue weighted by atomic mass is 16.6. The molecule has 3 atom stereocenters. The van der Waals surface area contributed by atoms with Crippen LogP contribution in [0.2, 0.25) is 0 Å². The van der Waals surface area contributed by atoms with E-state index in [0.29, 0.717) is 6.54 Å². The Morgan fingerprint density at radius 3 is 2.20 bits per heavy atom. The maximum atomic E-state index is 13.1. The number of fused-ring (bicyclic) bond motifs is 4. The van der Waals surface area contributed by atoms with Crippen LogP contribution in [-0.4, -0.2) is 65.7 Å². The summed E-state index contributed by atoms with van der Waals surface area (Å²) in [5.74, 6) is 8.18. The number of H-pyrrole nitrogens is 2. The van der Waals surface area contributed by atoms with Crippen LogP contribution in [0.1, 0.15) is 109 Å². The molecule has 0 radical (unpaired) electrons. The number of ether oxygens (including phenoxy) is 2. The van der Waals surface area contributed by atoms with Gasteiger partial charge in [0.05, 0.1) is 34.2 Å². The summed E-state index contributed by atoms with van der Waals surface area (Å²) in [5.41, 5.74) is 4.19. The lowest BCUT2D eigenvalue weighted by atomic mass is 10.1. The summed E-state index contributed by atoms with van der Waals surface area (Å²) in [4.78, 5) is 46.3. The van der Waals surface area contributed by atoms with Crippen LogP contribution in [-0.2, 0) is 9.47 Å². The predicted octanol–water partition coefficient (Wildman–Crippen LogP) is 8.52. The van der Waals surface area contributed by atoms with Gasteiger partial charge in [-0.3, -0.25) is 9.80 Å². The number of benzene rings is 3. The van der Waals surface area contributed by atoms with Crippen molar-refractivity contribution in [2.45, 2.75) is 103 Å². The van der Waals surface area contributed by atoms with Crippen molar-refractivity contribution in [1.29, 1.82) is 0 Å². The number of aromatic amines is 2. The highest BCUT2D eigenvalue weighted by Gasteiger charge is 2.39. The maximum absolute atomic E-state index is 13.1. The van der Waals surface area contributed by atoms with Crippen LogP contribution in [0.25, 0.3) is 32.8 Å². The van der Waals surface area contributed by atoms with E-state index in [1.165, 1.54) is 0 Å². The van der Waals surface area contributed by atoms with Gasteiger partial charge in [-0.05, 0) is 116 Å². The van der Waals surface area contributed by atoms with E-state index < -0.39 is 11.2 Å². The van der Waals surface area contributed by atoms with Crippen molar-refractivity contribution in [2.75, 3.05) is 6.54 Å². The number of rotatable bonds is 2. The van der Waals surface area contributed by atoms with Crippen molar-refractivity contribution in [2.24, 2.45) is 0 Å². The van der Waals surface area contributed by atoms with E-state index in [4.69, 9.17) is 19.4 Å². The summed E-state index contributed by atoms with van der Waals surface area (Å²) < 4.78 is 11.4. The fourth-order valence-electron chi connectivity index (χ4n) is 6.93. The zero-order chi connectivity index (χ0) is 34.7. The second-order valence-corrected chi connectivity index (χ2v) is 15.3. The minimum absolute atomic E-state index is 0.0730. The number of imidazole rings is 2. The van der Waals surface area contributed by atoms with E-state index in [0.717, 1.165) is 81.3 Å². The fraction of sp³-hybridized carbons (Fsp3) is 0.436. The molecule has 10 nitrogen and oxygen atoms in total. The minimum Gasteiger partial charge on any atom is -0.444 e. The molecule has 5 aromatic rings. The van der Waals surface area contributed by atoms with Gasteiger partial charge in [0.15, 0.2) is 0 Å². The number of likely N-dealkylation sites (tertiary alicyclic amines) is 2. The molecule has 0 aliphatic carbocycles. The van der Waals surface area contributed by atoms with Crippen LogP contribution in [0, 0.1) is 11.8 Å². The van der Waals surface area contributed by atoms with E-state index in [9.17, 15) is 9.59 Å². The molecule has 2 aromatic heterocycles. The van der Waals surface area contributed by atoms with E-state index in [1.807, 2.05) is 76.8 Å². The summed E-state index contributed by atoms with van der Waals surface area (Å²) >= 11 is 0. The molecule has 2 aliphatic heterocycles. The Hall–Kier alpha value is -5.04. The van der Waals surface area contributed by atoms with Crippen molar-refractivity contribution in [3.05, 3.63) is 71.3 Å². The molecule has 49 heavy (non-hydrogen) atoms. The highest BCUT2D eigenvalue weighted by molar-refractivity contribution is 6.04. The number of hydrogen-bond donors (Lipinski definition) is 2. The quantitative estimate of drug-likeness (QED) is 0.183. The topological polar surface area (TPSA) is 116 Å². The summed E-state index contributed by atoms with van der Waals surface area (Å²) in [6, 6.07) is 16.0. The lowest BCUT2D eigenvalue weighted by molar-refractivity contribution is 0.0150. The van der Waals surface area contributed by atoms with Crippen LogP contribution in [0.4, 0.5) is 9.59 Å². The SMILES string of the molecule is C[C@H]1CC[C@@H](c2nc3c(ccc4cc(C#Cc5ccc6nc([C@@H]7CCCN7C(=O)OC(C)(C)C)[nH]c6c5)ccc43)[nH]2)N1C(=O)OC(C)(C)C. The average molecular weight is 661 g/mol. The van der Waals surface area contributed by atoms with Gasteiger partial charge >= 0.3 is 12.2 Å². The number of nitrogens with zero attached hydrogens (tertiary/aromatic N) is 4. The van der Waals surface area contributed by atoms with Crippen molar-refractivity contribution in [1.82, 2.24) is 29.7 Å². The first-order valence-electron chi connectivity index (χ1n) is 17.2. The average Bonchev–Trinajstić information content (AvgIpc) is 3.82. The standard InChI is InChI=1S/C39H44N6O4/c1-23-10-19-32(45(23)37(47)49-39(5,6)7)35-41-29-18-15-26-21-24(13-16-27(26)33(29)43-35)11-12-25-14-17-28-30(22-25)42-34(40-28)31-9-8-20-44(31)36(46)48-38(2,3)4/h13-18,21-23,31-32H,8-10,19-20H2,1-7H3,(H,40,42)(H,41,43)/t23-,31-,32-/m0/s1. The van der Waals surface area contributed by atoms with Gasteiger partial charge in [-0.15, -0.1) is 0 Å². The third kappa shape index (κ3) is 6.67. The Bertz CT molecular complexity index is 2140. The van der Waals surface area contributed by atoms with Crippen molar-refractivity contribution in [3.63, 3.8) is 0 Å². The summed E-state index contributed by atoms with van der Waals surface area (Å²) in [6.07, 6.45) is 2.85. The van der Waals surface area contributed by atoms with Gasteiger partial charge in [0.25, 0.3) is 0 Å². The Morgan fingerprint density at radius 1 is 0.776 bits per heavy atom. The molecule has 0 bridgehead atoms. The molecule has 2 fully saturated rings. The second kappa shape index (κ2) is 12.1. The number of aromatic nitrogens is 4. The highest BCUT2D eigenvalue weighted by Crippen LogP contribution is 2.38. The van der Waals surface area contributed by atoms with Crippen LogP contribution in [0.3, 0.4) is 0 Å². The Kier molecular flexibility index (Phi) is 8.05. The third-order valence-corrected chi connectivity index (χ3v) is 9.12. The minimum atomic E-state index is -0.563. The molecule has 7 rings (SSSR count). The van der Waals surface area contributed by atoms with Crippen molar-refractivity contribution >= 4 is 45.0 Å². The molecule has 254 valence electrons. The normalized spacial score (nSPS) is 19.9. The van der Waals surface area contributed by atoms with E-state index >= 15 is 0 Å². The molecular weight excluding hydrogens is 616 g/mol. The first-order valence-corrected chi connectivity index (χ1v) is 17.2. The Labute approximate surface area is 286 Å². The largest absolute Gasteiger partial charge is 0.444 e. The molecule has 4 heterocycles. The van der Waals surface area contributed by atoms with Crippen LogP contribution in [0.15, 0.2) is 48.5 Å². The molecule has 3 aromatic carbocycles. The maximum Gasteiger partial charge on any atom is 0.411 e. The fourth-order valence-corrected chi connectivity index (χ4v) is 6.93. The Morgan fingerprint density at radius 2 is 1.45 bits per heavy atom. The van der Waals surface area contributed by atoms with Gasteiger partial charge in [-0.2, -0.15) is 0 Å². The third-order valence-electron chi connectivity index (χ3n) is 9.12. The van der Waals surface area contributed by atoms with Crippen molar-refractivity contribution in [3.8, 4) is 11.8 Å².